The minimum absolute atomic E-state index is 0.439. The molecule has 0 aliphatic heterocycles. The number of nitrogens with zero attached hydrogens (tertiary/aromatic N) is 6. The summed E-state index contributed by atoms with van der Waals surface area (Å²) in [5.74, 6) is 1.80. The molecular formula is C49H32N6. The van der Waals surface area contributed by atoms with Crippen molar-refractivity contribution in [3.05, 3.63) is 194 Å². The molecule has 6 nitrogen and oxygen atoms in total. The van der Waals surface area contributed by atoms with Crippen LogP contribution in [0.3, 0.4) is 0 Å². The first-order valence-electron chi connectivity index (χ1n) is 18.6. The van der Waals surface area contributed by atoms with Gasteiger partial charge in [-0.3, -0.25) is 9.97 Å². The van der Waals surface area contributed by atoms with Crippen molar-refractivity contribution >= 4 is 49.6 Å². The van der Waals surface area contributed by atoms with E-state index in [-0.39, 0.29) is 0 Å². The Morgan fingerprint density at radius 3 is 1.51 bits per heavy atom. The minimum Gasteiger partial charge on any atom is -0.310 e. The van der Waals surface area contributed by atoms with Gasteiger partial charge in [0.25, 0.3) is 0 Å². The van der Waals surface area contributed by atoms with Crippen LogP contribution in [0.25, 0.3) is 77.9 Å². The molecular weight excluding hydrogens is 673 g/mol. The maximum Gasteiger partial charge on any atom is 0.164 e. The van der Waals surface area contributed by atoms with Crippen molar-refractivity contribution in [2.24, 2.45) is 0 Å². The molecule has 0 atom stereocenters. The molecule has 10 aromatic rings. The number of aromatic nitrogens is 5. The molecule has 0 N–H and O–H groups in total. The van der Waals surface area contributed by atoms with Gasteiger partial charge in [-0.05, 0) is 99.4 Å². The molecule has 0 fully saturated rings. The highest BCUT2D eigenvalue weighted by Crippen LogP contribution is 2.39. The van der Waals surface area contributed by atoms with E-state index in [1.54, 1.807) is 12.4 Å². The zero-order valence-electron chi connectivity index (χ0n) is 30.6. The SMILES string of the molecule is [2H]c1cc(N(c2ccc(-c3nc(-c4ccccc4)nc(-c4ccccc4)n3)cc2)c2ccc3nccnc3c2)cc2ccc(-c3ccc4ccccc4c3)cc12. The average Bonchev–Trinajstić information content (AvgIpc) is 3.27. The Bertz CT molecular complexity index is 2990. The second-order valence-electron chi connectivity index (χ2n) is 13.4. The van der Waals surface area contributed by atoms with Gasteiger partial charge in [0.15, 0.2) is 17.5 Å². The summed E-state index contributed by atoms with van der Waals surface area (Å²) in [6, 6.07) is 60.1. The van der Waals surface area contributed by atoms with Crippen molar-refractivity contribution in [1.82, 2.24) is 24.9 Å². The third-order valence-electron chi connectivity index (χ3n) is 9.87. The normalized spacial score (nSPS) is 11.5. The molecule has 2 heterocycles. The Hall–Kier alpha value is -7.57. The number of rotatable bonds is 7. The maximum atomic E-state index is 9.30. The van der Waals surface area contributed by atoms with Gasteiger partial charge in [-0.1, -0.05) is 115 Å². The van der Waals surface area contributed by atoms with Gasteiger partial charge in [-0.25, -0.2) is 15.0 Å². The Kier molecular flexibility index (Phi) is 7.76. The lowest BCUT2D eigenvalue weighted by atomic mass is 9.98. The third kappa shape index (κ3) is 6.32. The van der Waals surface area contributed by atoms with Crippen LogP contribution in [-0.4, -0.2) is 24.9 Å². The highest BCUT2D eigenvalue weighted by atomic mass is 15.1. The summed E-state index contributed by atoms with van der Waals surface area (Å²) in [7, 11) is 0. The van der Waals surface area contributed by atoms with Gasteiger partial charge in [-0.2, -0.15) is 0 Å². The lowest BCUT2D eigenvalue weighted by Crippen LogP contribution is -2.10. The van der Waals surface area contributed by atoms with Gasteiger partial charge >= 0.3 is 0 Å². The van der Waals surface area contributed by atoms with Crippen molar-refractivity contribution in [3.8, 4) is 45.3 Å². The number of hydrogen-bond donors (Lipinski definition) is 0. The fraction of sp³-hybridized carbons (Fsp3) is 0. The van der Waals surface area contributed by atoms with E-state index in [2.05, 4.69) is 93.7 Å². The molecule has 0 aliphatic carbocycles. The largest absolute Gasteiger partial charge is 0.310 e. The van der Waals surface area contributed by atoms with E-state index < -0.39 is 0 Å². The lowest BCUT2D eigenvalue weighted by molar-refractivity contribution is 1.07. The predicted molar refractivity (Wildman–Crippen MR) is 224 cm³/mol. The minimum atomic E-state index is 0.439. The zero-order valence-corrected chi connectivity index (χ0v) is 29.6. The van der Waals surface area contributed by atoms with Crippen LogP contribution in [0, 0.1) is 0 Å². The first-order chi connectivity index (χ1) is 27.6. The van der Waals surface area contributed by atoms with E-state index in [4.69, 9.17) is 15.0 Å². The smallest absolute Gasteiger partial charge is 0.164 e. The highest BCUT2D eigenvalue weighted by Gasteiger charge is 2.17. The number of anilines is 3. The molecule has 0 saturated carbocycles. The van der Waals surface area contributed by atoms with Crippen molar-refractivity contribution in [3.63, 3.8) is 0 Å². The first kappa shape index (κ1) is 31.0. The van der Waals surface area contributed by atoms with Gasteiger partial charge < -0.3 is 4.90 Å². The summed E-state index contributed by atoms with van der Waals surface area (Å²) in [6.45, 7) is 0. The molecule has 2 aromatic heterocycles. The second kappa shape index (κ2) is 13.8. The van der Waals surface area contributed by atoms with Crippen LogP contribution in [0.5, 0.6) is 0 Å². The van der Waals surface area contributed by atoms with Gasteiger partial charge in [0.05, 0.1) is 12.4 Å². The molecule has 258 valence electrons. The summed E-state index contributed by atoms with van der Waals surface area (Å²) in [5.41, 5.74) is 9.15. The topological polar surface area (TPSA) is 67.7 Å². The molecule has 0 saturated heterocycles. The van der Waals surface area contributed by atoms with Crippen LogP contribution in [0.4, 0.5) is 17.1 Å². The fourth-order valence-corrected chi connectivity index (χ4v) is 7.07. The van der Waals surface area contributed by atoms with Crippen LogP contribution < -0.4 is 4.90 Å². The van der Waals surface area contributed by atoms with Gasteiger partial charge in [0.1, 0.15) is 0 Å². The molecule has 0 spiro atoms. The Morgan fingerprint density at radius 2 is 0.836 bits per heavy atom. The van der Waals surface area contributed by atoms with Crippen LogP contribution >= 0.6 is 0 Å². The van der Waals surface area contributed by atoms with E-state index in [0.717, 1.165) is 66.7 Å². The Balaban J connectivity index is 1.07. The first-order valence-corrected chi connectivity index (χ1v) is 18.1. The second-order valence-corrected chi connectivity index (χ2v) is 13.4. The summed E-state index contributed by atoms with van der Waals surface area (Å²) < 4.78 is 9.30. The van der Waals surface area contributed by atoms with Gasteiger partial charge in [-0.15, -0.1) is 0 Å². The standard InChI is InChI=1S/C49H32N6/c1-3-10-34(11-4-1)47-52-48(35-12-5-2-6-13-35)54-49(53-47)36-19-22-42(23-20-36)55(44-25-26-45-46(32-44)51-28-27-50-45)43-24-21-40-30-39(17-18-41(40)31-43)38-16-15-33-9-7-8-14-37(33)29-38/h1-32H/i21D. The monoisotopic (exact) mass is 705 g/mol. The Labute approximate surface area is 319 Å². The average molecular weight is 706 g/mol. The van der Waals surface area contributed by atoms with E-state index in [9.17, 15) is 1.37 Å². The zero-order chi connectivity index (χ0) is 37.4. The number of fused-ring (bicyclic) bond motifs is 3. The summed E-state index contributed by atoms with van der Waals surface area (Å²) in [5, 5.41) is 4.26. The van der Waals surface area contributed by atoms with Crippen LogP contribution in [-0.2, 0) is 0 Å². The van der Waals surface area contributed by atoms with E-state index in [1.807, 2.05) is 97.1 Å². The molecule has 10 rings (SSSR count). The summed E-state index contributed by atoms with van der Waals surface area (Å²) in [6.07, 6.45) is 3.41. The van der Waals surface area contributed by atoms with Crippen molar-refractivity contribution in [1.29, 1.82) is 0 Å². The maximum absolute atomic E-state index is 9.30. The van der Waals surface area contributed by atoms with E-state index in [0.29, 0.717) is 23.5 Å². The van der Waals surface area contributed by atoms with Crippen molar-refractivity contribution < 1.29 is 1.37 Å². The molecule has 6 heteroatoms. The molecule has 0 unspecified atom stereocenters. The van der Waals surface area contributed by atoms with Crippen LogP contribution in [0.2, 0.25) is 0 Å². The van der Waals surface area contributed by atoms with E-state index >= 15 is 0 Å². The number of benzene rings is 8. The Morgan fingerprint density at radius 1 is 0.345 bits per heavy atom. The highest BCUT2D eigenvalue weighted by molar-refractivity contribution is 5.94. The van der Waals surface area contributed by atoms with Crippen LogP contribution in [0.15, 0.2) is 194 Å². The number of hydrogen-bond acceptors (Lipinski definition) is 6. The quantitative estimate of drug-likeness (QED) is 0.164. The van der Waals surface area contributed by atoms with Crippen LogP contribution in [0.1, 0.15) is 1.37 Å². The molecule has 0 radical (unpaired) electrons. The lowest BCUT2D eigenvalue weighted by Gasteiger charge is -2.26. The van der Waals surface area contributed by atoms with Crippen molar-refractivity contribution in [2.45, 2.75) is 0 Å². The predicted octanol–water partition coefficient (Wildman–Crippen LogP) is 12.3. The molecule has 55 heavy (non-hydrogen) atoms. The van der Waals surface area contributed by atoms with Gasteiger partial charge in [0, 0.05) is 46.1 Å². The summed E-state index contributed by atoms with van der Waals surface area (Å²) in [4.78, 5) is 26.0. The van der Waals surface area contributed by atoms with Gasteiger partial charge in [0.2, 0.25) is 0 Å². The van der Waals surface area contributed by atoms with Crippen molar-refractivity contribution in [2.75, 3.05) is 4.90 Å². The summed E-state index contributed by atoms with van der Waals surface area (Å²) >= 11 is 0. The van der Waals surface area contributed by atoms with E-state index in [1.165, 1.54) is 10.8 Å². The molecule has 0 bridgehead atoms. The molecule has 0 aliphatic rings. The molecule has 8 aromatic carbocycles. The molecule has 0 amide bonds. The third-order valence-corrected chi connectivity index (χ3v) is 9.87. The fourth-order valence-electron chi connectivity index (χ4n) is 7.07.